The van der Waals surface area contributed by atoms with Crippen molar-refractivity contribution < 1.29 is 6.15 Å². The summed E-state index contributed by atoms with van der Waals surface area (Å²) in [5.41, 5.74) is 0. The van der Waals surface area contributed by atoms with Crippen LogP contribution in [0.5, 0.6) is 0 Å². The van der Waals surface area contributed by atoms with Gasteiger partial charge in [-0.25, -0.2) is 0 Å². The van der Waals surface area contributed by atoms with Crippen molar-refractivity contribution in [3.63, 3.8) is 0 Å². The quantitative estimate of drug-likeness (QED) is 0.401. The molecule has 1 aliphatic rings. The van der Waals surface area contributed by atoms with Crippen molar-refractivity contribution in [1.82, 2.24) is 0 Å². The van der Waals surface area contributed by atoms with Crippen LogP contribution in [0.4, 0.5) is 0 Å². The maximum atomic E-state index is 6.34. The molecule has 0 radical (unpaired) electrons. The van der Waals surface area contributed by atoms with Crippen LogP contribution in [0.3, 0.4) is 0 Å². The van der Waals surface area contributed by atoms with E-state index in [1.54, 1.807) is 0 Å². The zero-order valence-electron chi connectivity index (χ0n) is 12.5. The molecule has 0 amide bonds. The van der Waals surface area contributed by atoms with E-state index >= 15 is 0 Å². The van der Waals surface area contributed by atoms with Gasteiger partial charge in [0.1, 0.15) is 0 Å². The van der Waals surface area contributed by atoms with Crippen LogP contribution < -0.4 is 0 Å². The predicted molar refractivity (Wildman–Crippen MR) is 80.2 cm³/mol. The summed E-state index contributed by atoms with van der Waals surface area (Å²) in [6, 6.07) is 0. The summed E-state index contributed by atoms with van der Waals surface area (Å²) in [5, 5.41) is 0. The first kappa shape index (κ1) is 16.8. The monoisotopic (exact) mass is 364 g/mol. The number of unbranched alkanes of at least 4 members (excludes halogenated alkanes) is 4. The molecule has 1 fully saturated rings. The second-order valence-corrected chi connectivity index (χ2v) is 15.3. The van der Waals surface area contributed by atoms with Gasteiger partial charge < -0.3 is 0 Å². The molecule has 1 rings (SSSR count). The summed E-state index contributed by atoms with van der Waals surface area (Å²) in [6.45, 7) is 6.44. The molecule has 2 nitrogen and oxygen atoms in total. The topological polar surface area (TPSA) is 18.5 Å². The summed E-state index contributed by atoms with van der Waals surface area (Å²) >= 11 is -2.58. The van der Waals surface area contributed by atoms with E-state index in [9.17, 15) is 0 Å². The van der Waals surface area contributed by atoms with E-state index in [2.05, 4.69) is 13.8 Å². The molecular weight excluding hydrogens is 331 g/mol. The van der Waals surface area contributed by atoms with E-state index in [0.29, 0.717) is 0 Å². The van der Waals surface area contributed by atoms with Crippen LogP contribution in [-0.4, -0.2) is 32.4 Å². The standard InChI is InChI=1S/2C5H11O.C5H10.Sn/c2*1-2-3-4-5-6;1-3-5-4-2;/h2*2-5H2,1H3;1-5H2;/q2*-1;;+2. The Balaban J connectivity index is 2.27. The molecule has 1 saturated heterocycles. The van der Waals surface area contributed by atoms with Crippen LogP contribution in [-0.2, 0) is 6.15 Å². The van der Waals surface area contributed by atoms with Crippen LogP contribution in [0.1, 0.15) is 71.6 Å². The Kier molecular flexibility index (Phi) is 9.78. The fourth-order valence-corrected chi connectivity index (χ4v) is 12.7. The molecule has 0 atom stereocenters. The second kappa shape index (κ2) is 10.5. The van der Waals surface area contributed by atoms with Gasteiger partial charge in [-0.1, -0.05) is 0 Å². The number of hydrogen-bond acceptors (Lipinski definition) is 2. The van der Waals surface area contributed by atoms with Crippen molar-refractivity contribution in [2.24, 2.45) is 0 Å². The van der Waals surface area contributed by atoms with Gasteiger partial charge in [0.05, 0.1) is 0 Å². The van der Waals surface area contributed by atoms with Gasteiger partial charge in [-0.3, -0.25) is 0 Å². The van der Waals surface area contributed by atoms with E-state index < -0.39 is 19.2 Å². The Hall–Kier alpha value is 0.719. The molecule has 0 aliphatic carbocycles. The summed E-state index contributed by atoms with van der Waals surface area (Å²) in [7, 11) is 0. The summed E-state index contributed by atoms with van der Waals surface area (Å²) in [5.74, 6) is 0. The molecule has 0 aromatic carbocycles. The minimum absolute atomic E-state index is 0.970. The third-order valence-corrected chi connectivity index (χ3v) is 14.4. The predicted octanol–water partition coefficient (Wildman–Crippen LogP) is 5.03. The molecule has 0 N–H and O–H groups in total. The van der Waals surface area contributed by atoms with Gasteiger partial charge in [0.2, 0.25) is 0 Å². The van der Waals surface area contributed by atoms with Crippen molar-refractivity contribution >= 4 is 19.2 Å². The molecule has 18 heavy (non-hydrogen) atoms. The van der Waals surface area contributed by atoms with Crippen LogP contribution >= 0.6 is 0 Å². The van der Waals surface area contributed by atoms with Gasteiger partial charge in [-0.15, -0.1) is 0 Å². The average Bonchev–Trinajstić information content (AvgIpc) is 2.41. The minimum atomic E-state index is -2.58. The van der Waals surface area contributed by atoms with Gasteiger partial charge in [-0.2, -0.15) is 0 Å². The molecule has 0 aromatic heterocycles. The van der Waals surface area contributed by atoms with E-state index in [1.165, 1.54) is 66.7 Å². The zero-order valence-corrected chi connectivity index (χ0v) is 15.4. The van der Waals surface area contributed by atoms with Gasteiger partial charge in [0.25, 0.3) is 0 Å². The van der Waals surface area contributed by atoms with Crippen LogP contribution in [0.2, 0.25) is 8.87 Å². The van der Waals surface area contributed by atoms with E-state index in [1.807, 2.05) is 0 Å². The average molecular weight is 363 g/mol. The summed E-state index contributed by atoms with van der Waals surface area (Å²) < 4.78 is 15.3. The fraction of sp³-hybridized carbons (Fsp3) is 1.00. The Labute approximate surface area is 119 Å². The van der Waals surface area contributed by atoms with Gasteiger partial charge in [0.15, 0.2) is 0 Å². The molecule has 0 spiro atoms. The molecule has 1 aliphatic heterocycles. The molecule has 0 saturated carbocycles. The van der Waals surface area contributed by atoms with E-state index in [0.717, 1.165) is 13.2 Å². The zero-order chi connectivity index (χ0) is 13.1. The van der Waals surface area contributed by atoms with Crippen LogP contribution in [0.15, 0.2) is 0 Å². The van der Waals surface area contributed by atoms with E-state index in [4.69, 9.17) is 6.15 Å². The Morgan fingerprint density at radius 1 is 0.722 bits per heavy atom. The molecule has 0 unspecified atom stereocenters. The van der Waals surface area contributed by atoms with Gasteiger partial charge in [0, 0.05) is 0 Å². The van der Waals surface area contributed by atoms with Crippen molar-refractivity contribution in [1.29, 1.82) is 0 Å². The molecule has 1 heterocycles. The Morgan fingerprint density at radius 3 is 1.67 bits per heavy atom. The molecule has 108 valence electrons. The number of hydrogen-bond donors (Lipinski definition) is 0. The third kappa shape index (κ3) is 6.76. The van der Waals surface area contributed by atoms with Crippen LogP contribution in [0, 0.1) is 0 Å². The molecule has 0 bridgehead atoms. The SMILES string of the molecule is CCCCC[O][Sn]1([O]CCCCC)[CH2]CCC[CH2]1. The first-order valence-corrected chi connectivity index (χ1v) is 14.5. The fourth-order valence-electron chi connectivity index (χ4n) is 2.64. The normalized spacial score (nSPS) is 19.0. The molecule has 0 aromatic rings. The number of rotatable bonds is 10. The van der Waals surface area contributed by atoms with E-state index in [-0.39, 0.29) is 0 Å². The van der Waals surface area contributed by atoms with Gasteiger partial charge in [-0.05, 0) is 0 Å². The summed E-state index contributed by atoms with van der Waals surface area (Å²) in [6.07, 6.45) is 11.7. The summed E-state index contributed by atoms with van der Waals surface area (Å²) in [4.78, 5) is 0. The van der Waals surface area contributed by atoms with Crippen molar-refractivity contribution in [2.75, 3.05) is 13.2 Å². The Bertz CT molecular complexity index is 177. The molecular formula is C15H32O2Sn. The third-order valence-electron chi connectivity index (χ3n) is 3.84. The molecule has 3 heteroatoms. The maximum absolute atomic E-state index is 6.34. The first-order valence-electron chi connectivity index (χ1n) is 8.11. The van der Waals surface area contributed by atoms with Crippen molar-refractivity contribution in [3.8, 4) is 0 Å². The van der Waals surface area contributed by atoms with Crippen molar-refractivity contribution in [3.05, 3.63) is 0 Å². The van der Waals surface area contributed by atoms with Gasteiger partial charge >= 0.3 is 119 Å². The Morgan fingerprint density at radius 2 is 1.22 bits per heavy atom. The second-order valence-electron chi connectivity index (χ2n) is 5.58. The van der Waals surface area contributed by atoms with Crippen LogP contribution in [0.25, 0.3) is 0 Å². The first-order chi connectivity index (χ1) is 8.83. The van der Waals surface area contributed by atoms with Crippen molar-refractivity contribution in [2.45, 2.75) is 80.5 Å².